The van der Waals surface area contributed by atoms with Gasteiger partial charge in [0.1, 0.15) is 11.6 Å². The maximum atomic E-state index is 14.4. The molecule has 0 aromatic carbocycles. The Kier molecular flexibility index (Phi) is 6.24. The first-order valence-electron chi connectivity index (χ1n) is 13.2. The molecule has 0 aromatic rings. The number of fused-ring (bicyclic) bond motifs is 4. The van der Waals surface area contributed by atoms with E-state index >= 15 is 0 Å². The predicted molar refractivity (Wildman–Crippen MR) is 132 cm³/mol. The van der Waals surface area contributed by atoms with Crippen molar-refractivity contribution in [2.45, 2.75) is 93.1 Å². The van der Waals surface area contributed by atoms with Crippen molar-refractivity contribution in [3.63, 3.8) is 0 Å². The van der Waals surface area contributed by atoms with Crippen LogP contribution in [-0.2, 0) is 33.5 Å². The van der Waals surface area contributed by atoms with Crippen LogP contribution in [-0.4, -0.2) is 46.3 Å². The highest BCUT2D eigenvalue weighted by molar-refractivity contribution is 6.18. The molecule has 0 amide bonds. The van der Waals surface area contributed by atoms with Gasteiger partial charge in [0, 0.05) is 60.0 Å². The van der Waals surface area contributed by atoms with Gasteiger partial charge in [-0.15, -0.1) is 0 Å². The maximum Gasteiger partial charge on any atom is 0.303 e. The van der Waals surface area contributed by atoms with Gasteiger partial charge < -0.3 is 9.84 Å². The van der Waals surface area contributed by atoms with Crippen molar-refractivity contribution in [2.75, 3.05) is 0 Å². The average molecular weight is 515 g/mol. The average Bonchev–Trinajstić information content (AvgIpc) is 3.01. The number of Topliss-reactive ketones (excluding diaryl/α,β-unsaturated/α-hetero) is 4. The van der Waals surface area contributed by atoms with E-state index in [1.54, 1.807) is 13.8 Å². The van der Waals surface area contributed by atoms with Crippen molar-refractivity contribution in [3.05, 3.63) is 11.1 Å². The van der Waals surface area contributed by atoms with Crippen LogP contribution in [0.5, 0.6) is 0 Å². The number of ketones is 4. The molecule has 37 heavy (non-hydrogen) atoms. The smallest absolute Gasteiger partial charge is 0.303 e. The summed E-state index contributed by atoms with van der Waals surface area (Å²) in [6, 6.07) is 0. The fourth-order valence-electron chi connectivity index (χ4n) is 8.53. The number of allylic oxidation sites excluding steroid dienone is 1. The molecular formula is C29H38O8. The lowest BCUT2D eigenvalue weighted by atomic mass is 9.42. The molecule has 1 N–H and O–H groups in total. The lowest BCUT2D eigenvalue weighted by Gasteiger charge is -2.59. The number of carbonyl (C=O) groups is 6. The van der Waals surface area contributed by atoms with Gasteiger partial charge in [0.05, 0.1) is 5.41 Å². The minimum Gasteiger partial charge on any atom is -0.481 e. The lowest BCUT2D eigenvalue weighted by Crippen LogP contribution is -2.64. The molecule has 8 nitrogen and oxygen atoms in total. The summed E-state index contributed by atoms with van der Waals surface area (Å²) in [5, 5.41) is 9.24. The minimum absolute atomic E-state index is 0.0481. The van der Waals surface area contributed by atoms with Crippen LogP contribution < -0.4 is 0 Å². The van der Waals surface area contributed by atoms with Crippen molar-refractivity contribution in [3.8, 4) is 0 Å². The molecule has 202 valence electrons. The van der Waals surface area contributed by atoms with Gasteiger partial charge >= 0.3 is 11.9 Å². The molecule has 0 spiro atoms. The van der Waals surface area contributed by atoms with Gasteiger partial charge in [-0.2, -0.15) is 0 Å². The highest BCUT2D eigenvalue weighted by Crippen LogP contribution is 2.70. The molecule has 7 atom stereocenters. The van der Waals surface area contributed by atoms with Gasteiger partial charge in [0.2, 0.25) is 5.78 Å². The second-order valence-electron chi connectivity index (χ2n) is 12.9. The fourth-order valence-corrected chi connectivity index (χ4v) is 8.53. The van der Waals surface area contributed by atoms with Crippen LogP contribution >= 0.6 is 0 Å². The van der Waals surface area contributed by atoms with Crippen molar-refractivity contribution < 1.29 is 38.6 Å². The molecule has 4 aliphatic carbocycles. The Morgan fingerprint density at radius 2 is 1.62 bits per heavy atom. The summed E-state index contributed by atoms with van der Waals surface area (Å²) >= 11 is 0. The van der Waals surface area contributed by atoms with Crippen molar-refractivity contribution in [1.29, 1.82) is 0 Å². The maximum absolute atomic E-state index is 14.4. The Morgan fingerprint density at radius 3 is 2.19 bits per heavy atom. The third-order valence-electron chi connectivity index (χ3n) is 10.8. The quantitative estimate of drug-likeness (QED) is 0.547. The Hall–Kier alpha value is -2.64. The molecule has 4 aliphatic rings. The number of aliphatic carboxylic acids is 1. The number of rotatable bonds is 5. The molecular weight excluding hydrogens is 476 g/mol. The van der Waals surface area contributed by atoms with Gasteiger partial charge in [-0.1, -0.05) is 34.6 Å². The van der Waals surface area contributed by atoms with Crippen LogP contribution in [0.3, 0.4) is 0 Å². The number of carbonyl (C=O) groups excluding carboxylic acids is 5. The number of hydrogen-bond donors (Lipinski definition) is 1. The number of carboxylic acid groups (broad SMARTS) is 1. The van der Waals surface area contributed by atoms with E-state index < -0.39 is 57.3 Å². The Morgan fingerprint density at radius 1 is 1.00 bits per heavy atom. The normalized spacial score (nSPS) is 39.6. The topological polar surface area (TPSA) is 132 Å². The number of esters is 1. The summed E-state index contributed by atoms with van der Waals surface area (Å²) in [5.41, 5.74) is -3.77. The van der Waals surface area contributed by atoms with E-state index in [4.69, 9.17) is 4.74 Å². The molecule has 4 rings (SSSR count). The summed E-state index contributed by atoms with van der Waals surface area (Å²) < 4.78 is 5.75. The Labute approximate surface area is 217 Å². The van der Waals surface area contributed by atoms with E-state index in [9.17, 15) is 33.9 Å². The van der Waals surface area contributed by atoms with Crippen LogP contribution in [0.2, 0.25) is 0 Å². The van der Waals surface area contributed by atoms with Gasteiger partial charge in [-0.3, -0.25) is 28.8 Å². The van der Waals surface area contributed by atoms with Crippen LogP contribution in [0.15, 0.2) is 11.1 Å². The van der Waals surface area contributed by atoms with Gasteiger partial charge in [0.15, 0.2) is 11.9 Å². The van der Waals surface area contributed by atoms with E-state index in [0.29, 0.717) is 6.42 Å². The van der Waals surface area contributed by atoms with Crippen molar-refractivity contribution >= 4 is 35.1 Å². The van der Waals surface area contributed by atoms with Gasteiger partial charge in [-0.05, 0) is 37.5 Å². The van der Waals surface area contributed by atoms with E-state index in [0.717, 1.165) is 0 Å². The van der Waals surface area contributed by atoms with Crippen molar-refractivity contribution in [2.24, 2.45) is 39.4 Å². The van der Waals surface area contributed by atoms with E-state index in [2.05, 4.69) is 0 Å². The summed E-state index contributed by atoms with van der Waals surface area (Å²) in [6.07, 6.45) is -0.333. The molecule has 0 radical (unpaired) electrons. The zero-order valence-corrected chi connectivity index (χ0v) is 22.9. The molecule has 2 fully saturated rings. The van der Waals surface area contributed by atoms with Crippen molar-refractivity contribution in [1.82, 2.24) is 0 Å². The lowest BCUT2D eigenvalue weighted by molar-refractivity contribution is -0.175. The zero-order valence-electron chi connectivity index (χ0n) is 22.9. The standard InChI is InChI=1S/C29H38O8/c1-14(8-9-21(34)35)16-12-20(33)29(7)22-17(31)13-18-26(3,4)19(32)10-11-27(18,5)23(22)24(36)25(28(16,29)6)37-15(2)30/h14,16,18,25H,8-13H2,1-7H3,(H,34,35)/t14-,16-,18-,25-,27+,28+,29+/m1/s1. The molecule has 0 unspecified atom stereocenters. The largest absolute Gasteiger partial charge is 0.481 e. The first kappa shape index (κ1) is 27.4. The number of carboxylic acids is 1. The number of hydrogen-bond acceptors (Lipinski definition) is 7. The number of ether oxygens (including phenoxy) is 1. The molecule has 8 heteroatoms. The second kappa shape index (κ2) is 8.43. The summed E-state index contributed by atoms with van der Waals surface area (Å²) in [6.45, 7) is 12.1. The molecule has 0 aromatic heterocycles. The van der Waals surface area contributed by atoms with E-state index in [1.165, 1.54) is 6.92 Å². The van der Waals surface area contributed by atoms with Crippen LogP contribution in [0.25, 0.3) is 0 Å². The highest BCUT2D eigenvalue weighted by Gasteiger charge is 2.74. The Bertz CT molecular complexity index is 1160. The van der Waals surface area contributed by atoms with E-state index in [1.807, 2.05) is 27.7 Å². The first-order chi connectivity index (χ1) is 17.0. The molecule has 0 aliphatic heterocycles. The predicted octanol–water partition coefficient (Wildman–Crippen LogP) is 3.88. The van der Waals surface area contributed by atoms with E-state index in [-0.39, 0.29) is 66.5 Å². The van der Waals surface area contributed by atoms with Crippen LogP contribution in [0, 0.1) is 39.4 Å². The fraction of sp³-hybridized carbons (Fsp3) is 0.724. The zero-order chi connectivity index (χ0) is 27.9. The summed E-state index contributed by atoms with van der Waals surface area (Å²) in [4.78, 5) is 78.9. The van der Waals surface area contributed by atoms with Gasteiger partial charge in [0.25, 0.3) is 0 Å². The molecule has 0 heterocycles. The molecule has 0 saturated heterocycles. The molecule has 2 saturated carbocycles. The molecule has 0 bridgehead atoms. The van der Waals surface area contributed by atoms with Crippen LogP contribution in [0.1, 0.15) is 87.0 Å². The second-order valence-corrected chi connectivity index (χ2v) is 12.9. The Balaban J connectivity index is 1.98. The third kappa shape index (κ3) is 3.46. The summed E-state index contributed by atoms with van der Waals surface area (Å²) in [5.74, 6) is -3.66. The SMILES string of the molecule is CC(=O)O[C@@H]1C(=O)C2=C(C(=O)C[C@@H]3C(C)(C)C(=O)CC[C@]23C)[C@]2(C)C(=O)C[C@H]([C@H](C)CCC(=O)O)[C@@]12C. The van der Waals surface area contributed by atoms with Gasteiger partial charge in [-0.25, -0.2) is 0 Å². The van der Waals surface area contributed by atoms with Crippen LogP contribution in [0.4, 0.5) is 0 Å². The third-order valence-corrected chi connectivity index (χ3v) is 10.8. The summed E-state index contributed by atoms with van der Waals surface area (Å²) in [7, 11) is 0. The minimum atomic E-state index is -1.38. The highest BCUT2D eigenvalue weighted by atomic mass is 16.5. The first-order valence-corrected chi connectivity index (χ1v) is 13.2. The monoisotopic (exact) mass is 514 g/mol.